The van der Waals surface area contributed by atoms with E-state index in [1.54, 1.807) is 31.6 Å². The van der Waals surface area contributed by atoms with Gasteiger partial charge in [0.2, 0.25) is 11.7 Å². The summed E-state index contributed by atoms with van der Waals surface area (Å²) in [7, 11) is 0. The Balaban J connectivity index is 1.31. The number of rotatable bonds is 4. The van der Waals surface area contributed by atoms with E-state index in [-0.39, 0.29) is 16.9 Å². The molecule has 158 valence electrons. The Bertz CT molecular complexity index is 1130. The Morgan fingerprint density at radius 1 is 1.13 bits per heavy atom. The van der Waals surface area contributed by atoms with Gasteiger partial charge in [0.25, 0.3) is 5.91 Å². The first-order chi connectivity index (χ1) is 15.0. The second kappa shape index (κ2) is 6.67. The summed E-state index contributed by atoms with van der Waals surface area (Å²) in [4.78, 5) is 30.4. The van der Waals surface area contributed by atoms with Crippen molar-refractivity contribution in [3.63, 3.8) is 0 Å². The Labute approximate surface area is 179 Å². The third-order valence-electron chi connectivity index (χ3n) is 7.25. The van der Waals surface area contributed by atoms with Crippen molar-refractivity contribution in [1.82, 2.24) is 30.4 Å². The summed E-state index contributed by atoms with van der Waals surface area (Å²) in [5.74, 6) is 2.88. The summed E-state index contributed by atoms with van der Waals surface area (Å²) in [6.45, 7) is 1.80. The predicted molar refractivity (Wildman–Crippen MR) is 111 cm³/mol. The van der Waals surface area contributed by atoms with E-state index in [2.05, 4.69) is 25.4 Å². The lowest BCUT2D eigenvalue weighted by atomic mass is 9.46. The highest BCUT2D eigenvalue weighted by molar-refractivity contribution is 5.92. The lowest BCUT2D eigenvalue weighted by Crippen LogP contribution is -2.64. The van der Waals surface area contributed by atoms with Crippen LogP contribution in [0.1, 0.15) is 60.7 Å². The Hall–Kier alpha value is -3.16. The highest BCUT2D eigenvalue weighted by Crippen LogP contribution is 2.62. The van der Waals surface area contributed by atoms with Gasteiger partial charge >= 0.3 is 0 Å². The molecule has 8 heteroatoms. The maximum atomic E-state index is 13.1. The van der Waals surface area contributed by atoms with Gasteiger partial charge in [-0.15, -0.1) is 0 Å². The van der Waals surface area contributed by atoms with Gasteiger partial charge in [-0.05, 0) is 75.5 Å². The number of hydrogen-bond donors (Lipinski definition) is 1. The normalized spacial score (nSPS) is 31.0. The van der Waals surface area contributed by atoms with Crippen LogP contribution in [0.2, 0.25) is 0 Å². The summed E-state index contributed by atoms with van der Waals surface area (Å²) < 4.78 is 5.83. The quantitative estimate of drug-likeness (QED) is 0.696. The summed E-state index contributed by atoms with van der Waals surface area (Å²) in [6.07, 6.45) is 11.3. The molecule has 1 N–H and O–H groups in total. The Kier molecular flexibility index (Phi) is 4.00. The third kappa shape index (κ3) is 3.12. The molecule has 2 atom stereocenters. The molecule has 0 aliphatic heterocycles. The van der Waals surface area contributed by atoms with E-state index in [1.165, 1.54) is 6.42 Å². The van der Waals surface area contributed by atoms with E-state index in [0.29, 0.717) is 35.1 Å². The second-order valence-corrected chi connectivity index (χ2v) is 9.63. The molecule has 4 aliphatic rings. The van der Waals surface area contributed by atoms with Gasteiger partial charge in [0.15, 0.2) is 0 Å². The fourth-order valence-electron chi connectivity index (χ4n) is 6.60. The summed E-state index contributed by atoms with van der Waals surface area (Å²) in [5, 5.41) is 7.63. The number of aryl methyl sites for hydroxylation is 1. The molecular weight excluding hydrogens is 392 g/mol. The molecule has 1 amide bonds. The first-order valence-electron chi connectivity index (χ1n) is 10.9. The van der Waals surface area contributed by atoms with Gasteiger partial charge in [-0.2, -0.15) is 4.98 Å². The molecule has 2 unspecified atom stereocenters. The number of pyridine rings is 1. The van der Waals surface area contributed by atoms with Crippen LogP contribution in [0, 0.1) is 18.8 Å². The largest absolute Gasteiger partial charge is 0.345 e. The zero-order valence-corrected chi connectivity index (χ0v) is 17.4. The van der Waals surface area contributed by atoms with Crippen molar-refractivity contribution >= 4 is 5.91 Å². The molecule has 0 saturated heterocycles. The van der Waals surface area contributed by atoms with Crippen LogP contribution >= 0.6 is 0 Å². The van der Waals surface area contributed by atoms with Gasteiger partial charge in [0, 0.05) is 29.7 Å². The number of hydrogen-bond acceptors (Lipinski definition) is 7. The lowest BCUT2D eigenvalue weighted by molar-refractivity contribution is -0.0489. The Morgan fingerprint density at radius 2 is 1.97 bits per heavy atom. The SMILES string of the molecule is Cc1nccc(C(=O)NC23CC4CC(C2)CC(c2nc(-c5cccnc5)no2)(C4)C3)n1. The number of carbonyl (C=O) groups is 1. The molecule has 31 heavy (non-hydrogen) atoms. The maximum Gasteiger partial charge on any atom is 0.270 e. The molecule has 3 aromatic rings. The molecule has 3 heterocycles. The molecule has 4 fully saturated rings. The van der Waals surface area contributed by atoms with Gasteiger partial charge in [-0.25, -0.2) is 9.97 Å². The van der Waals surface area contributed by atoms with Crippen molar-refractivity contribution in [3.05, 3.63) is 54.2 Å². The molecule has 4 aliphatic carbocycles. The number of carbonyl (C=O) groups excluding carboxylic acids is 1. The summed E-state index contributed by atoms with van der Waals surface area (Å²) in [5.41, 5.74) is 0.855. The zero-order chi connectivity index (χ0) is 21.1. The van der Waals surface area contributed by atoms with Crippen molar-refractivity contribution in [3.8, 4) is 11.4 Å². The highest BCUT2D eigenvalue weighted by Gasteiger charge is 2.61. The minimum Gasteiger partial charge on any atom is -0.345 e. The molecule has 3 aromatic heterocycles. The van der Waals surface area contributed by atoms with Crippen LogP contribution in [0.25, 0.3) is 11.4 Å². The first-order valence-corrected chi connectivity index (χ1v) is 10.9. The van der Waals surface area contributed by atoms with E-state index >= 15 is 0 Å². The molecule has 0 radical (unpaired) electrons. The molecule has 8 nitrogen and oxygen atoms in total. The lowest BCUT2D eigenvalue weighted by Gasteiger charge is -2.60. The molecule has 4 saturated carbocycles. The third-order valence-corrected chi connectivity index (χ3v) is 7.25. The van der Waals surface area contributed by atoms with Crippen molar-refractivity contribution in [2.75, 3.05) is 0 Å². The number of amides is 1. The van der Waals surface area contributed by atoms with E-state index < -0.39 is 0 Å². The van der Waals surface area contributed by atoms with Crippen molar-refractivity contribution < 1.29 is 9.32 Å². The van der Waals surface area contributed by atoms with E-state index in [9.17, 15) is 4.79 Å². The van der Waals surface area contributed by atoms with Crippen molar-refractivity contribution in [2.24, 2.45) is 11.8 Å². The fraction of sp³-hybridized carbons (Fsp3) is 0.478. The van der Waals surface area contributed by atoms with Crippen LogP contribution in [-0.2, 0) is 5.41 Å². The van der Waals surface area contributed by atoms with Crippen LogP contribution in [0.5, 0.6) is 0 Å². The van der Waals surface area contributed by atoms with Crippen molar-refractivity contribution in [1.29, 1.82) is 0 Å². The molecule has 4 bridgehead atoms. The monoisotopic (exact) mass is 416 g/mol. The van der Waals surface area contributed by atoms with E-state index in [0.717, 1.165) is 37.7 Å². The van der Waals surface area contributed by atoms with Gasteiger partial charge in [0.05, 0.1) is 5.41 Å². The van der Waals surface area contributed by atoms with E-state index in [4.69, 9.17) is 9.51 Å². The zero-order valence-electron chi connectivity index (χ0n) is 17.4. The minimum atomic E-state index is -0.247. The van der Waals surface area contributed by atoms with Crippen LogP contribution in [-0.4, -0.2) is 36.5 Å². The fourth-order valence-corrected chi connectivity index (χ4v) is 6.60. The second-order valence-electron chi connectivity index (χ2n) is 9.63. The number of aromatic nitrogens is 5. The van der Waals surface area contributed by atoms with Crippen LogP contribution in [0.4, 0.5) is 0 Å². The van der Waals surface area contributed by atoms with Gasteiger partial charge < -0.3 is 9.84 Å². The van der Waals surface area contributed by atoms with Crippen LogP contribution < -0.4 is 5.32 Å². The van der Waals surface area contributed by atoms with Crippen molar-refractivity contribution in [2.45, 2.75) is 56.4 Å². The summed E-state index contributed by atoms with van der Waals surface area (Å²) in [6, 6.07) is 5.49. The number of nitrogens with zero attached hydrogens (tertiary/aromatic N) is 5. The van der Waals surface area contributed by atoms with Crippen LogP contribution in [0.3, 0.4) is 0 Å². The maximum absolute atomic E-state index is 13.1. The molecule has 0 aromatic carbocycles. The average molecular weight is 416 g/mol. The minimum absolute atomic E-state index is 0.121. The van der Waals surface area contributed by atoms with E-state index in [1.807, 2.05) is 12.1 Å². The smallest absolute Gasteiger partial charge is 0.270 e. The number of nitrogens with one attached hydrogen (secondary N) is 1. The topological polar surface area (TPSA) is 107 Å². The average Bonchev–Trinajstić information content (AvgIpc) is 3.24. The first kappa shape index (κ1) is 18.6. The Morgan fingerprint density at radius 3 is 2.71 bits per heavy atom. The highest BCUT2D eigenvalue weighted by atomic mass is 16.5. The molecular formula is C23H24N6O2. The summed E-state index contributed by atoms with van der Waals surface area (Å²) >= 11 is 0. The predicted octanol–water partition coefficient (Wildman–Crippen LogP) is 3.25. The standard InChI is InChI=1S/C23H24N6O2/c1-14-25-6-4-18(26-14)20(30)28-23-10-15-7-16(11-23)9-22(8-15,13-23)21-27-19(29-31-21)17-3-2-5-24-12-17/h2-6,12,15-16H,7-11,13H2,1H3,(H,28,30). The van der Waals surface area contributed by atoms with Gasteiger partial charge in [0.1, 0.15) is 11.5 Å². The van der Waals surface area contributed by atoms with Gasteiger partial charge in [-0.1, -0.05) is 5.16 Å². The van der Waals surface area contributed by atoms with Crippen LogP contribution in [0.15, 0.2) is 41.3 Å². The van der Waals surface area contributed by atoms with Gasteiger partial charge in [-0.3, -0.25) is 9.78 Å². The molecule has 0 spiro atoms. The molecule has 7 rings (SSSR count).